The molecule has 0 saturated carbocycles. The second kappa shape index (κ2) is 8.41. The molecule has 1 fully saturated rings. The summed E-state index contributed by atoms with van der Waals surface area (Å²) in [7, 11) is -3.47. The van der Waals surface area contributed by atoms with Gasteiger partial charge in [-0.1, -0.05) is 12.1 Å². The summed E-state index contributed by atoms with van der Waals surface area (Å²) >= 11 is 0. The summed E-state index contributed by atoms with van der Waals surface area (Å²) in [4.78, 5) is 16.9. The van der Waals surface area contributed by atoms with E-state index in [1.165, 1.54) is 16.4 Å². The molecule has 0 bridgehead atoms. The standard InChI is InChI=1S/C22H24N4O3S/c1-17-23-12-15-26(17)20-8-4-18(5-9-20)16-24-22(27)19-6-10-21(11-7-19)30(28,29)25-13-2-3-14-25/h4-12,15H,2-3,13-14,16H2,1H3,(H,24,27). The van der Waals surface area contributed by atoms with E-state index in [2.05, 4.69) is 10.3 Å². The molecule has 7 nitrogen and oxygen atoms in total. The van der Waals surface area contributed by atoms with Crippen LogP contribution < -0.4 is 5.32 Å². The molecule has 1 aliphatic heterocycles. The molecule has 30 heavy (non-hydrogen) atoms. The average Bonchev–Trinajstić information content (AvgIpc) is 3.45. The SMILES string of the molecule is Cc1nccn1-c1ccc(CNC(=O)c2ccc(S(=O)(=O)N3CCCC3)cc2)cc1. The van der Waals surface area contributed by atoms with E-state index in [4.69, 9.17) is 0 Å². The van der Waals surface area contributed by atoms with Crippen molar-refractivity contribution in [2.75, 3.05) is 13.1 Å². The van der Waals surface area contributed by atoms with E-state index in [0.29, 0.717) is 25.2 Å². The first-order chi connectivity index (χ1) is 14.4. The zero-order chi connectivity index (χ0) is 21.1. The van der Waals surface area contributed by atoms with Crippen LogP contribution in [0.4, 0.5) is 0 Å². The van der Waals surface area contributed by atoms with Crippen LogP contribution in [0.5, 0.6) is 0 Å². The van der Waals surface area contributed by atoms with E-state index in [1.54, 1.807) is 18.3 Å². The molecule has 1 N–H and O–H groups in total. The monoisotopic (exact) mass is 424 g/mol. The minimum atomic E-state index is -3.47. The smallest absolute Gasteiger partial charge is 0.251 e. The number of nitrogens with zero attached hydrogens (tertiary/aromatic N) is 3. The number of benzene rings is 2. The number of aromatic nitrogens is 2. The van der Waals surface area contributed by atoms with Gasteiger partial charge in [0.2, 0.25) is 10.0 Å². The number of rotatable bonds is 6. The van der Waals surface area contributed by atoms with Crippen LogP contribution in [0.3, 0.4) is 0 Å². The fourth-order valence-electron chi connectivity index (χ4n) is 3.57. The van der Waals surface area contributed by atoms with Crippen molar-refractivity contribution >= 4 is 15.9 Å². The quantitative estimate of drug-likeness (QED) is 0.659. The fraction of sp³-hybridized carbons (Fsp3) is 0.273. The number of amides is 1. The van der Waals surface area contributed by atoms with Gasteiger partial charge < -0.3 is 9.88 Å². The summed E-state index contributed by atoms with van der Waals surface area (Å²) in [6, 6.07) is 14.0. The van der Waals surface area contributed by atoms with Gasteiger partial charge in [0.1, 0.15) is 5.82 Å². The topological polar surface area (TPSA) is 84.3 Å². The highest BCUT2D eigenvalue weighted by Crippen LogP contribution is 2.21. The average molecular weight is 425 g/mol. The third kappa shape index (κ3) is 4.15. The van der Waals surface area contributed by atoms with Crippen LogP contribution in [0.15, 0.2) is 65.8 Å². The number of aryl methyl sites for hydroxylation is 1. The third-order valence-electron chi connectivity index (χ3n) is 5.31. The molecule has 8 heteroatoms. The van der Waals surface area contributed by atoms with Crippen LogP contribution in [0.1, 0.15) is 34.6 Å². The fourth-order valence-corrected chi connectivity index (χ4v) is 5.08. The Hall–Kier alpha value is -2.97. The first-order valence-corrected chi connectivity index (χ1v) is 11.4. The largest absolute Gasteiger partial charge is 0.348 e. The number of nitrogens with one attached hydrogen (secondary N) is 1. The highest BCUT2D eigenvalue weighted by atomic mass is 32.2. The van der Waals surface area contributed by atoms with Crippen molar-refractivity contribution in [2.45, 2.75) is 31.2 Å². The van der Waals surface area contributed by atoms with Crippen LogP contribution in [0.2, 0.25) is 0 Å². The first-order valence-electron chi connectivity index (χ1n) is 9.93. The lowest BCUT2D eigenvalue weighted by Gasteiger charge is -2.15. The van der Waals surface area contributed by atoms with Crippen molar-refractivity contribution in [1.82, 2.24) is 19.2 Å². The lowest BCUT2D eigenvalue weighted by atomic mass is 10.2. The molecule has 1 amide bonds. The van der Waals surface area contributed by atoms with Crippen molar-refractivity contribution in [3.8, 4) is 5.69 Å². The summed E-state index contributed by atoms with van der Waals surface area (Å²) in [5.41, 5.74) is 2.41. The van der Waals surface area contributed by atoms with Crippen LogP contribution in [0, 0.1) is 6.92 Å². The van der Waals surface area contributed by atoms with Crippen LogP contribution in [-0.4, -0.2) is 41.3 Å². The summed E-state index contributed by atoms with van der Waals surface area (Å²) in [5.74, 6) is 0.667. The summed E-state index contributed by atoms with van der Waals surface area (Å²) in [5, 5.41) is 2.88. The van der Waals surface area contributed by atoms with E-state index >= 15 is 0 Å². The maximum atomic E-state index is 12.6. The van der Waals surface area contributed by atoms with Gasteiger partial charge in [0, 0.05) is 43.3 Å². The van der Waals surface area contributed by atoms with Gasteiger partial charge in [-0.3, -0.25) is 4.79 Å². The zero-order valence-electron chi connectivity index (χ0n) is 16.8. The maximum absolute atomic E-state index is 12.6. The molecular formula is C22H24N4O3S. The Morgan fingerprint density at radius 1 is 1.03 bits per heavy atom. The van der Waals surface area contributed by atoms with Gasteiger partial charge in [0.25, 0.3) is 5.91 Å². The molecule has 156 valence electrons. The molecule has 0 atom stereocenters. The number of imidazole rings is 1. The number of hydrogen-bond donors (Lipinski definition) is 1. The Bertz CT molecular complexity index is 1130. The van der Waals surface area contributed by atoms with Gasteiger partial charge in [0.05, 0.1) is 4.90 Å². The normalized spacial score (nSPS) is 14.7. The summed E-state index contributed by atoms with van der Waals surface area (Å²) in [6.45, 7) is 3.44. The van der Waals surface area contributed by atoms with Gasteiger partial charge in [-0.2, -0.15) is 4.31 Å². The summed E-state index contributed by atoms with van der Waals surface area (Å²) < 4.78 is 28.6. The minimum Gasteiger partial charge on any atom is -0.348 e. The lowest BCUT2D eigenvalue weighted by Crippen LogP contribution is -2.28. The number of hydrogen-bond acceptors (Lipinski definition) is 4. The molecule has 1 saturated heterocycles. The second-order valence-corrected chi connectivity index (χ2v) is 9.27. The van der Waals surface area contributed by atoms with E-state index in [9.17, 15) is 13.2 Å². The van der Waals surface area contributed by atoms with E-state index < -0.39 is 10.0 Å². The Morgan fingerprint density at radius 2 is 1.70 bits per heavy atom. The Kier molecular flexibility index (Phi) is 5.69. The molecule has 4 rings (SSSR count). The maximum Gasteiger partial charge on any atom is 0.251 e. The molecule has 2 heterocycles. The highest BCUT2D eigenvalue weighted by Gasteiger charge is 2.27. The molecule has 0 spiro atoms. The van der Waals surface area contributed by atoms with Gasteiger partial charge in [-0.15, -0.1) is 0 Å². The van der Waals surface area contributed by atoms with Gasteiger partial charge in [-0.25, -0.2) is 13.4 Å². The molecule has 0 aliphatic carbocycles. The molecular weight excluding hydrogens is 400 g/mol. The van der Waals surface area contributed by atoms with E-state index in [-0.39, 0.29) is 10.8 Å². The van der Waals surface area contributed by atoms with Gasteiger partial charge in [0.15, 0.2) is 0 Å². The number of carbonyl (C=O) groups excluding carboxylic acids is 1. The van der Waals surface area contributed by atoms with Gasteiger partial charge in [-0.05, 0) is 61.7 Å². The second-order valence-electron chi connectivity index (χ2n) is 7.33. The van der Waals surface area contributed by atoms with Crippen molar-refractivity contribution in [3.63, 3.8) is 0 Å². The van der Waals surface area contributed by atoms with Crippen molar-refractivity contribution < 1.29 is 13.2 Å². The molecule has 1 aliphatic rings. The van der Waals surface area contributed by atoms with Crippen molar-refractivity contribution in [1.29, 1.82) is 0 Å². The Morgan fingerprint density at radius 3 is 2.30 bits per heavy atom. The molecule has 3 aromatic rings. The Balaban J connectivity index is 1.38. The Labute approximate surface area is 176 Å². The molecule has 1 aromatic heterocycles. The minimum absolute atomic E-state index is 0.228. The predicted octanol–water partition coefficient (Wildman–Crippen LogP) is 2.90. The lowest BCUT2D eigenvalue weighted by molar-refractivity contribution is 0.0951. The number of carbonyl (C=O) groups is 1. The van der Waals surface area contributed by atoms with Crippen molar-refractivity contribution in [3.05, 3.63) is 77.9 Å². The van der Waals surface area contributed by atoms with Crippen LogP contribution in [-0.2, 0) is 16.6 Å². The van der Waals surface area contributed by atoms with Crippen LogP contribution >= 0.6 is 0 Å². The third-order valence-corrected chi connectivity index (χ3v) is 7.23. The van der Waals surface area contributed by atoms with Crippen LogP contribution in [0.25, 0.3) is 5.69 Å². The molecule has 0 unspecified atom stereocenters. The van der Waals surface area contributed by atoms with Crippen molar-refractivity contribution in [2.24, 2.45) is 0 Å². The predicted molar refractivity (Wildman–Crippen MR) is 114 cm³/mol. The summed E-state index contributed by atoms with van der Waals surface area (Å²) in [6.07, 6.45) is 5.44. The van der Waals surface area contributed by atoms with E-state index in [0.717, 1.165) is 29.9 Å². The number of sulfonamides is 1. The molecule has 2 aromatic carbocycles. The van der Waals surface area contributed by atoms with Gasteiger partial charge >= 0.3 is 0 Å². The highest BCUT2D eigenvalue weighted by molar-refractivity contribution is 7.89. The van der Waals surface area contributed by atoms with E-state index in [1.807, 2.05) is 42.0 Å². The first kappa shape index (κ1) is 20.3. The molecule has 0 radical (unpaired) electrons. The zero-order valence-corrected chi connectivity index (χ0v) is 17.6.